The van der Waals surface area contributed by atoms with Gasteiger partial charge in [-0.15, -0.1) is 0 Å². The van der Waals surface area contributed by atoms with Gasteiger partial charge in [0.25, 0.3) is 5.91 Å². The number of hydrogen-bond acceptors (Lipinski definition) is 3. The van der Waals surface area contributed by atoms with Gasteiger partial charge in [-0.25, -0.2) is 4.98 Å². The predicted octanol–water partition coefficient (Wildman–Crippen LogP) is 3.64. The van der Waals surface area contributed by atoms with Gasteiger partial charge >= 0.3 is 0 Å². The molecule has 3 aromatic rings. The molecule has 0 unspecified atom stereocenters. The Morgan fingerprint density at radius 3 is 2.73 bits per heavy atom. The first kappa shape index (κ1) is 17.7. The fraction of sp³-hybridized carbons (Fsp3) is 0.238. The lowest BCUT2D eigenvalue weighted by molar-refractivity contribution is 0.0952. The Hall–Kier alpha value is -3.08. The lowest BCUT2D eigenvalue weighted by Gasteiger charge is -2.09. The Bertz CT molecular complexity index is 869. The van der Waals surface area contributed by atoms with Crippen LogP contribution < -0.4 is 5.32 Å². The largest absolute Gasteiger partial charge is 0.508 e. The van der Waals surface area contributed by atoms with Gasteiger partial charge < -0.3 is 15.0 Å². The predicted molar refractivity (Wildman–Crippen MR) is 102 cm³/mol. The molecule has 1 heterocycles. The molecule has 0 atom stereocenters. The first-order valence-electron chi connectivity index (χ1n) is 8.85. The van der Waals surface area contributed by atoms with Gasteiger partial charge in [-0.3, -0.25) is 4.79 Å². The standard InChI is InChI=1S/C21H23N3O2/c1-2-20-22-12-14-24(20)13-4-11-23-21(26)18-6-3-5-17(15-18)16-7-9-19(25)10-8-16/h3,5-10,12,14-15,25H,2,4,11,13H2,1H3,(H,23,26). The van der Waals surface area contributed by atoms with Crippen molar-refractivity contribution in [3.8, 4) is 16.9 Å². The second kappa shape index (κ2) is 8.34. The zero-order valence-corrected chi connectivity index (χ0v) is 14.9. The summed E-state index contributed by atoms with van der Waals surface area (Å²) in [4.78, 5) is 16.7. The molecule has 5 heteroatoms. The number of aromatic nitrogens is 2. The van der Waals surface area contributed by atoms with E-state index in [4.69, 9.17) is 0 Å². The van der Waals surface area contributed by atoms with Crippen molar-refractivity contribution < 1.29 is 9.90 Å². The minimum atomic E-state index is -0.0769. The molecule has 0 aliphatic carbocycles. The molecule has 0 fully saturated rings. The van der Waals surface area contributed by atoms with E-state index in [0.717, 1.165) is 36.3 Å². The molecule has 134 valence electrons. The molecule has 2 N–H and O–H groups in total. The molecule has 1 aromatic heterocycles. The Balaban J connectivity index is 1.56. The third-order valence-electron chi connectivity index (χ3n) is 4.30. The number of carbonyl (C=O) groups is 1. The summed E-state index contributed by atoms with van der Waals surface area (Å²) in [6.07, 6.45) is 5.55. The fourth-order valence-corrected chi connectivity index (χ4v) is 2.91. The molecule has 5 nitrogen and oxygen atoms in total. The van der Waals surface area contributed by atoms with Gasteiger partial charge in [0.1, 0.15) is 11.6 Å². The summed E-state index contributed by atoms with van der Waals surface area (Å²) in [6.45, 7) is 3.54. The number of phenols is 1. The van der Waals surface area contributed by atoms with Crippen LogP contribution in [0.4, 0.5) is 0 Å². The van der Waals surface area contributed by atoms with Gasteiger partial charge in [0, 0.05) is 37.5 Å². The summed E-state index contributed by atoms with van der Waals surface area (Å²) in [5, 5.41) is 12.4. The van der Waals surface area contributed by atoms with E-state index in [1.807, 2.05) is 48.8 Å². The molecule has 0 aliphatic rings. The smallest absolute Gasteiger partial charge is 0.251 e. The highest BCUT2D eigenvalue weighted by molar-refractivity contribution is 5.95. The van der Waals surface area contributed by atoms with Crippen molar-refractivity contribution in [3.63, 3.8) is 0 Å². The van der Waals surface area contributed by atoms with Crippen LogP contribution in [0, 0.1) is 0 Å². The minimum absolute atomic E-state index is 0.0769. The summed E-state index contributed by atoms with van der Waals surface area (Å²) in [5.74, 6) is 1.22. The summed E-state index contributed by atoms with van der Waals surface area (Å²) in [5.41, 5.74) is 2.54. The SMILES string of the molecule is CCc1nccn1CCCNC(=O)c1cccc(-c2ccc(O)cc2)c1. The summed E-state index contributed by atoms with van der Waals surface area (Å²) < 4.78 is 2.12. The molecule has 0 saturated carbocycles. The van der Waals surface area contributed by atoms with E-state index in [-0.39, 0.29) is 11.7 Å². The van der Waals surface area contributed by atoms with E-state index in [2.05, 4.69) is 21.8 Å². The van der Waals surface area contributed by atoms with Crippen LogP contribution in [0.1, 0.15) is 29.5 Å². The fourth-order valence-electron chi connectivity index (χ4n) is 2.91. The quantitative estimate of drug-likeness (QED) is 0.640. The van der Waals surface area contributed by atoms with Crippen molar-refractivity contribution in [2.24, 2.45) is 0 Å². The maximum Gasteiger partial charge on any atom is 0.251 e. The molecule has 0 aliphatic heterocycles. The van der Waals surface area contributed by atoms with Crippen molar-refractivity contribution in [1.29, 1.82) is 0 Å². The van der Waals surface area contributed by atoms with Crippen LogP contribution in [-0.4, -0.2) is 27.1 Å². The number of nitrogens with zero attached hydrogens (tertiary/aromatic N) is 2. The average molecular weight is 349 g/mol. The van der Waals surface area contributed by atoms with Crippen LogP contribution in [0.3, 0.4) is 0 Å². The molecule has 0 saturated heterocycles. The zero-order chi connectivity index (χ0) is 18.4. The molecular formula is C21H23N3O2. The van der Waals surface area contributed by atoms with Crippen LogP contribution in [-0.2, 0) is 13.0 Å². The van der Waals surface area contributed by atoms with Crippen molar-refractivity contribution in [2.45, 2.75) is 26.3 Å². The van der Waals surface area contributed by atoms with Crippen molar-refractivity contribution in [3.05, 3.63) is 72.3 Å². The molecule has 3 rings (SSSR count). The van der Waals surface area contributed by atoms with Gasteiger partial charge in [0.05, 0.1) is 0 Å². The number of hydrogen-bond donors (Lipinski definition) is 2. The number of benzene rings is 2. The number of aryl methyl sites for hydroxylation is 2. The van der Waals surface area contributed by atoms with Gasteiger partial charge in [0.2, 0.25) is 0 Å². The van der Waals surface area contributed by atoms with Gasteiger partial charge in [0.15, 0.2) is 0 Å². The Morgan fingerprint density at radius 1 is 1.15 bits per heavy atom. The molecule has 2 aromatic carbocycles. The number of amides is 1. The Morgan fingerprint density at radius 2 is 1.96 bits per heavy atom. The molecule has 0 spiro atoms. The lowest BCUT2D eigenvalue weighted by Crippen LogP contribution is -2.25. The van der Waals surface area contributed by atoms with Crippen LogP contribution in [0.15, 0.2) is 60.9 Å². The number of aromatic hydroxyl groups is 1. The van der Waals surface area contributed by atoms with E-state index in [9.17, 15) is 9.90 Å². The first-order chi connectivity index (χ1) is 12.7. The topological polar surface area (TPSA) is 67.2 Å². The number of phenolic OH excluding ortho intramolecular Hbond substituents is 1. The van der Waals surface area contributed by atoms with Crippen molar-refractivity contribution >= 4 is 5.91 Å². The summed E-state index contributed by atoms with van der Waals surface area (Å²) in [7, 11) is 0. The molecular weight excluding hydrogens is 326 g/mol. The molecule has 1 amide bonds. The first-order valence-corrected chi connectivity index (χ1v) is 8.85. The third-order valence-corrected chi connectivity index (χ3v) is 4.30. The van der Waals surface area contributed by atoms with E-state index >= 15 is 0 Å². The maximum absolute atomic E-state index is 12.4. The van der Waals surface area contributed by atoms with Gasteiger partial charge in [-0.05, 0) is 41.8 Å². The second-order valence-electron chi connectivity index (χ2n) is 6.13. The Labute approximate surface area is 153 Å². The van der Waals surface area contributed by atoms with Crippen LogP contribution in [0.2, 0.25) is 0 Å². The number of carbonyl (C=O) groups excluding carboxylic acids is 1. The van der Waals surface area contributed by atoms with E-state index in [1.54, 1.807) is 12.1 Å². The van der Waals surface area contributed by atoms with Gasteiger partial charge in [-0.1, -0.05) is 31.2 Å². The van der Waals surface area contributed by atoms with E-state index in [1.165, 1.54) is 0 Å². The number of rotatable bonds is 7. The van der Waals surface area contributed by atoms with Gasteiger partial charge in [-0.2, -0.15) is 0 Å². The normalized spacial score (nSPS) is 10.7. The molecule has 26 heavy (non-hydrogen) atoms. The Kier molecular flexibility index (Phi) is 5.69. The number of imidazole rings is 1. The highest BCUT2D eigenvalue weighted by Crippen LogP contribution is 2.22. The number of nitrogens with one attached hydrogen (secondary N) is 1. The third kappa shape index (κ3) is 4.30. The highest BCUT2D eigenvalue weighted by atomic mass is 16.3. The summed E-state index contributed by atoms with van der Waals surface area (Å²) in [6, 6.07) is 14.5. The minimum Gasteiger partial charge on any atom is -0.508 e. The van der Waals surface area contributed by atoms with E-state index < -0.39 is 0 Å². The zero-order valence-electron chi connectivity index (χ0n) is 14.9. The monoisotopic (exact) mass is 349 g/mol. The lowest BCUT2D eigenvalue weighted by atomic mass is 10.0. The highest BCUT2D eigenvalue weighted by Gasteiger charge is 2.07. The summed E-state index contributed by atoms with van der Waals surface area (Å²) >= 11 is 0. The van der Waals surface area contributed by atoms with Crippen molar-refractivity contribution in [1.82, 2.24) is 14.9 Å². The average Bonchev–Trinajstić information content (AvgIpc) is 3.13. The maximum atomic E-state index is 12.4. The van der Waals surface area contributed by atoms with Crippen LogP contribution >= 0.6 is 0 Å². The van der Waals surface area contributed by atoms with E-state index in [0.29, 0.717) is 12.1 Å². The second-order valence-corrected chi connectivity index (χ2v) is 6.13. The molecule has 0 radical (unpaired) electrons. The van der Waals surface area contributed by atoms with Crippen molar-refractivity contribution in [2.75, 3.05) is 6.54 Å². The van der Waals surface area contributed by atoms with Crippen LogP contribution in [0.5, 0.6) is 5.75 Å². The van der Waals surface area contributed by atoms with Crippen LogP contribution in [0.25, 0.3) is 11.1 Å². The molecule has 0 bridgehead atoms.